The largest absolute Gasteiger partial charge is 0.459 e. The lowest BCUT2D eigenvalue weighted by Crippen LogP contribution is -2.52. The average Bonchev–Trinajstić information content (AvgIpc) is 3.06. The SMILES string of the molecule is CSCC[C@@H](NC(=O)c1ccco1)C(=O)N1CCOCC1. The normalized spacial score (nSPS) is 16.5. The smallest absolute Gasteiger partial charge is 0.287 e. The highest BCUT2D eigenvalue weighted by Gasteiger charge is 2.27. The number of thioether (sulfide) groups is 1. The molecule has 1 atom stereocenters. The third-order valence-corrected chi connectivity index (χ3v) is 3.93. The van der Waals surface area contributed by atoms with Crippen molar-refractivity contribution in [3.05, 3.63) is 24.2 Å². The Morgan fingerprint density at radius 3 is 2.81 bits per heavy atom. The first-order valence-corrected chi connectivity index (χ1v) is 8.31. The standard InChI is InChI=1S/C14H20N2O4S/c1-21-10-4-11(14(18)16-5-8-19-9-6-16)15-13(17)12-3-2-7-20-12/h2-3,7,11H,4-6,8-10H2,1H3,(H,15,17)/t11-/m1/s1. The third-order valence-electron chi connectivity index (χ3n) is 3.28. The molecule has 7 heteroatoms. The molecule has 0 unspecified atom stereocenters. The Bertz CT molecular complexity index is 458. The Hall–Kier alpha value is -1.47. The van der Waals surface area contributed by atoms with Crippen molar-refractivity contribution in [2.45, 2.75) is 12.5 Å². The van der Waals surface area contributed by atoms with Crippen LogP contribution >= 0.6 is 11.8 Å². The van der Waals surface area contributed by atoms with Crippen LogP contribution in [0.3, 0.4) is 0 Å². The van der Waals surface area contributed by atoms with E-state index in [-0.39, 0.29) is 17.6 Å². The molecule has 6 nitrogen and oxygen atoms in total. The molecule has 2 rings (SSSR count). The second-order valence-electron chi connectivity index (χ2n) is 4.72. The van der Waals surface area contributed by atoms with Gasteiger partial charge in [0.05, 0.1) is 19.5 Å². The van der Waals surface area contributed by atoms with Gasteiger partial charge in [0.15, 0.2) is 5.76 Å². The number of hydrogen-bond donors (Lipinski definition) is 1. The summed E-state index contributed by atoms with van der Waals surface area (Å²) in [6, 6.07) is 2.71. The topological polar surface area (TPSA) is 71.8 Å². The molecule has 0 aliphatic carbocycles. The van der Waals surface area contributed by atoms with Crippen LogP contribution in [0.1, 0.15) is 17.0 Å². The first kappa shape index (κ1) is 15.9. The van der Waals surface area contributed by atoms with Gasteiger partial charge in [-0.3, -0.25) is 9.59 Å². The van der Waals surface area contributed by atoms with Crippen molar-refractivity contribution in [3.63, 3.8) is 0 Å². The molecule has 21 heavy (non-hydrogen) atoms. The highest BCUT2D eigenvalue weighted by molar-refractivity contribution is 7.98. The van der Waals surface area contributed by atoms with Gasteiger partial charge in [-0.15, -0.1) is 0 Å². The van der Waals surface area contributed by atoms with Crippen LogP contribution < -0.4 is 5.32 Å². The molecule has 2 amide bonds. The minimum Gasteiger partial charge on any atom is -0.459 e. The van der Waals surface area contributed by atoms with Gasteiger partial charge in [0, 0.05) is 13.1 Å². The highest BCUT2D eigenvalue weighted by Crippen LogP contribution is 2.09. The lowest BCUT2D eigenvalue weighted by molar-refractivity contribution is -0.137. The molecule has 1 aliphatic heterocycles. The molecular weight excluding hydrogens is 292 g/mol. The number of amides is 2. The number of nitrogens with zero attached hydrogens (tertiary/aromatic N) is 1. The maximum absolute atomic E-state index is 12.5. The van der Waals surface area contributed by atoms with Gasteiger partial charge in [-0.05, 0) is 30.6 Å². The number of carbonyl (C=O) groups excluding carboxylic acids is 2. The first-order valence-electron chi connectivity index (χ1n) is 6.92. The van der Waals surface area contributed by atoms with Crippen molar-refractivity contribution in [2.24, 2.45) is 0 Å². The van der Waals surface area contributed by atoms with Crippen LogP contribution in [-0.2, 0) is 9.53 Å². The Morgan fingerprint density at radius 1 is 1.43 bits per heavy atom. The number of nitrogens with one attached hydrogen (secondary N) is 1. The van der Waals surface area contributed by atoms with Crippen LogP contribution in [-0.4, -0.2) is 61.1 Å². The van der Waals surface area contributed by atoms with Crippen molar-refractivity contribution in [1.82, 2.24) is 10.2 Å². The second-order valence-corrected chi connectivity index (χ2v) is 5.71. The van der Waals surface area contributed by atoms with Gasteiger partial charge in [-0.25, -0.2) is 0 Å². The molecular formula is C14H20N2O4S. The van der Waals surface area contributed by atoms with E-state index in [1.807, 2.05) is 6.26 Å². The van der Waals surface area contributed by atoms with Crippen LogP contribution in [0.15, 0.2) is 22.8 Å². The fourth-order valence-electron chi connectivity index (χ4n) is 2.13. The zero-order valence-electron chi connectivity index (χ0n) is 12.0. The second kappa shape index (κ2) is 8.09. The summed E-state index contributed by atoms with van der Waals surface area (Å²) in [4.78, 5) is 26.3. The summed E-state index contributed by atoms with van der Waals surface area (Å²) in [7, 11) is 0. The number of ether oxygens (including phenoxy) is 1. The fraction of sp³-hybridized carbons (Fsp3) is 0.571. The third kappa shape index (κ3) is 4.50. The molecule has 0 spiro atoms. The van der Waals surface area contributed by atoms with Gasteiger partial charge in [-0.1, -0.05) is 0 Å². The predicted octanol–water partition coefficient (Wildman–Crippen LogP) is 0.990. The van der Waals surface area contributed by atoms with Gasteiger partial charge >= 0.3 is 0 Å². The van der Waals surface area contributed by atoms with E-state index in [0.29, 0.717) is 32.7 Å². The molecule has 1 aromatic heterocycles. The van der Waals surface area contributed by atoms with Crippen LogP contribution in [0.5, 0.6) is 0 Å². The Kier molecular flexibility index (Phi) is 6.13. The zero-order chi connectivity index (χ0) is 15.1. The first-order chi connectivity index (χ1) is 10.2. The molecule has 1 aromatic rings. The van der Waals surface area contributed by atoms with Crippen molar-refractivity contribution in [3.8, 4) is 0 Å². The number of hydrogen-bond acceptors (Lipinski definition) is 5. The zero-order valence-corrected chi connectivity index (χ0v) is 12.9. The maximum Gasteiger partial charge on any atom is 0.287 e. The van der Waals surface area contributed by atoms with Crippen molar-refractivity contribution in [2.75, 3.05) is 38.3 Å². The molecule has 116 valence electrons. The van der Waals surface area contributed by atoms with Gasteiger partial charge in [0.25, 0.3) is 5.91 Å². The summed E-state index contributed by atoms with van der Waals surface area (Å²) in [5.74, 6) is 0.623. The fourth-order valence-corrected chi connectivity index (χ4v) is 2.61. The molecule has 0 bridgehead atoms. The lowest BCUT2D eigenvalue weighted by Gasteiger charge is -2.30. The van der Waals surface area contributed by atoms with Gasteiger partial charge in [0.2, 0.25) is 5.91 Å². The van der Waals surface area contributed by atoms with E-state index in [2.05, 4.69) is 5.32 Å². The summed E-state index contributed by atoms with van der Waals surface area (Å²) >= 11 is 1.65. The molecule has 1 fully saturated rings. The quantitative estimate of drug-likeness (QED) is 0.848. The minimum atomic E-state index is -0.520. The molecule has 2 heterocycles. The Labute approximate surface area is 128 Å². The van der Waals surface area contributed by atoms with Gasteiger partial charge in [0.1, 0.15) is 6.04 Å². The van der Waals surface area contributed by atoms with E-state index in [1.54, 1.807) is 28.8 Å². The maximum atomic E-state index is 12.5. The monoisotopic (exact) mass is 312 g/mol. The number of morpholine rings is 1. The molecule has 0 aromatic carbocycles. The highest BCUT2D eigenvalue weighted by atomic mass is 32.2. The summed E-state index contributed by atoms with van der Waals surface area (Å²) in [6.07, 6.45) is 4.02. The van der Waals surface area contributed by atoms with Crippen LogP contribution in [0.25, 0.3) is 0 Å². The van der Waals surface area contributed by atoms with Crippen molar-refractivity contribution >= 4 is 23.6 Å². The minimum absolute atomic E-state index is 0.0488. The predicted molar refractivity (Wildman–Crippen MR) is 80.4 cm³/mol. The molecule has 1 N–H and O–H groups in total. The number of furan rings is 1. The van der Waals surface area contributed by atoms with E-state index >= 15 is 0 Å². The van der Waals surface area contributed by atoms with Crippen LogP contribution in [0, 0.1) is 0 Å². The average molecular weight is 312 g/mol. The molecule has 1 saturated heterocycles. The summed E-state index contributed by atoms with van der Waals surface area (Å²) < 4.78 is 10.3. The van der Waals surface area contributed by atoms with Crippen LogP contribution in [0.4, 0.5) is 0 Å². The number of rotatable bonds is 6. The van der Waals surface area contributed by atoms with Crippen molar-refractivity contribution in [1.29, 1.82) is 0 Å². The van der Waals surface area contributed by atoms with Gasteiger partial charge in [-0.2, -0.15) is 11.8 Å². The number of carbonyl (C=O) groups is 2. The Morgan fingerprint density at radius 2 is 2.19 bits per heavy atom. The van der Waals surface area contributed by atoms with E-state index in [1.165, 1.54) is 6.26 Å². The lowest BCUT2D eigenvalue weighted by atomic mass is 10.1. The summed E-state index contributed by atoms with van der Waals surface area (Å²) in [6.45, 7) is 2.25. The molecule has 0 radical (unpaired) electrons. The van der Waals surface area contributed by atoms with Crippen LogP contribution in [0.2, 0.25) is 0 Å². The summed E-state index contributed by atoms with van der Waals surface area (Å²) in [5.41, 5.74) is 0. The van der Waals surface area contributed by atoms with E-state index in [0.717, 1.165) is 5.75 Å². The summed E-state index contributed by atoms with van der Waals surface area (Å²) in [5, 5.41) is 2.77. The molecule has 0 saturated carbocycles. The van der Waals surface area contributed by atoms with E-state index < -0.39 is 6.04 Å². The molecule has 1 aliphatic rings. The van der Waals surface area contributed by atoms with Crippen molar-refractivity contribution < 1.29 is 18.7 Å². The van der Waals surface area contributed by atoms with E-state index in [4.69, 9.17) is 9.15 Å². The van der Waals surface area contributed by atoms with Gasteiger partial charge < -0.3 is 19.4 Å². The Balaban J connectivity index is 1.99. The van der Waals surface area contributed by atoms with E-state index in [9.17, 15) is 9.59 Å².